The number of rotatable bonds is 5. The van der Waals surface area contributed by atoms with Crippen LogP contribution in [0.25, 0.3) is 0 Å². The van der Waals surface area contributed by atoms with Crippen molar-refractivity contribution < 1.29 is 21.6 Å². The van der Waals surface area contributed by atoms with Crippen LogP contribution in [0.15, 0.2) is 0 Å². The lowest BCUT2D eigenvalue weighted by Gasteiger charge is -2.27. The van der Waals surface area contributed by atoms with Crippen molar-refractivity contribution in [1.29, 1.82) is 0 Å². The van der Waals surface area contributed by atoms with Gasteiger partial charge >= 0.3 is 6.18 Å². The Morgan fingerprint density at radius 2 is 1.79 bits per heavy atom. The number of nitrogens with zero attached hydrogens (tertiary/aromatic N) is 1. The van der Waals surface area contributed by atoms with Crippen molar-refractivity contribution in [3.8, 4) is 0 Å². The Morgan fingerprint density at radius 1 is 1.21 bits per heavy atom. The molecule has 2 N–H and O–H groups in total. The Bertz CT molecular complexity index is 414. The third-order valence-corrected chi connectivity index (χ3v) is 4.95. The molecule has 1 aliphatic carbocycles. The number of piperazine rings is 1. The molecular formula is C10H18F3N3O2S. The quantitative estimate of drug-likeness (QED) is 0.745. The van der Waals surface area contributed by atoms with E-state index in [1.807, 2.05) is 9.62 Å². The van der Waals surface area contributed by atoms with E-state index >= 15 is 0 Å². The zero-order valence-corrected chi connectivity index (χ0v) is 11.3. The van der Waals surface area contributed by atoms with Gasteiger partial charge in [0.1, 0.15) is 5.54 Å². The Labute approximate surface area is 110 Å². The maximum atomic E-state index is 12.7. The minimum Gasteiger partial charge on any atom is -0.314 e. The zero-order chi connectivity index (χ0) is 14.1. The summed E-state index contributed by atoms with van der Waals surface area (Å²) in [5.41, 5.74) is -2.20. The van der Waals surface area contributed by atoms with E-state index in [1.165, 1.54) is 0 Å². The predicted molar refractivity (Wildman–Crippen MR) is 64.3 cm³/mol. The molecular weight excluding hydrogens is 283 g/mol. The molecule has 0 amide bonds. The van der Waals surface area contributed by atoms with Crippen LogP contribution >= 0.6 is 0 Å². The van der Waals surface area contributed by atoms with E-state index in [4.69, 9.17) is 0 Å². The van der Waals surface area contributed by atoms with Crippen molar-refractivity contribution in [2.24, 2.45) is 0 Å². The molecule has 0 bridgehead atoms. The Kier molecular flexibility index (Phi) is 4.10. The summed E-state index contributed by atoms with van der Waals surface area (Å²) in [6.45, 7) is 3.27. The van der Waals surface area contributed by atoms with Crippen molar-refractivity contribution in [2.45, 2.75) is 24.6 Å². The molecule has 0 unspecified atom stereocenters. The van der Waals surface area contributed by atoms with Gasteiger partial charge in [-0.3, -0.25) is 4.90 Å². The molecule has 0 aromatic carbocycles. The highest BCUT2D eigenvalue weighted by Gasteiger charge is 2.65. The molecule has 1 aliphatic heterocycles. The van der Waals surface area contributed by atoms with Gasteiger partial charge in [-0.2, -0.15) is 17.9 Å². The fraction of sp³-hybridized carbons (Fsp3) is 1.00. The van der Waals surface area contributed by atoms with Crippen LogP contribution in [0.4, 0.5) is 13.2 Å². The minimum atomic E-state index is -4.50. The number of sulfonamides is 1. The number of hydrogen-bond donors (Lipinski definition) is 2. The van der Waals surface area contributed by atoms with Gasteiger partial charge in [0.05, 0.1) is 5.75 Å². The van der Waals surface area contributed by atoms with Crippen molar-refractivity contribution >= 4 is 10.0 Å². The summed E-state index contributed by atoms with van der Waals surface area (Å²) in [4.78, 5) is 1.93. The summed E-state index contributed by atoms with van der Waals surface area (Å²) in [6, 6.07) is 0. The van der Waals surface area contributed by atoms with E-state index in [9.17, 15) is 21.6 Å². The molecule has 0 radical (unpaired) electrons. The van der Waals surface area contributed by atoms with Crippen LogP contribution in [0.2, 0.25) is 0 Å². The Morgan fingerprint density at radius 3 is 2.26 bits per heavy atom. The van der Waals surface area contributed by atoms with Crippen molar-refractivity contribution in [3.63, 3.8) is 0 Å². The van der Waals surface area contributed by atoms with Gasteiger partial charge in [0.15, 0.2) is 0 Å². The van der Waals surface area contributed by atoms with Crippen LogP contribution in [-0.2, 0) is 10.0 Å². The molecule has 112 valence electrons. The summed E-state index contributed by atoms with van der Waals surface area (Å²) in [5, 5.41) is 3.12. The second-order valence-electron chi connectivity index (χ2n) is 5.09. The zero-order valence-electron chi connectivity index (χ0n) is 10.5. The maximum absolute atomic E-state index is 12.7. The second-order valence-corrected chi connectivity index (χ2v) is 6.93. The van der Waals surface area contributed by atoms with E-state index < -0.39 is 21.7 Å². The standard InChI is InChI=1S/C10H18F3N3O2S/c11-10(12,13)9(1-2-9)15-19(17,18)8-7-16-5-3-14-4-6-16/h14-15H,1-8H2. The van der Waals surface area contributed by atoms with Crippen LogP contribution in [-0.4, -0.2) is 63.5 Å². The average molecular weight is 301 g/mol. The summed E-state index contributed by atoms with van der Waals surface area (Å²) < 4.78 is 63.3. The van der Waals surface area contributed by atoms with Crippen LogP contribution < -0.4 is 10.0 Å². The fourth-order valence-electron chi connectivity index (χ4n) is 2.10. The van der Waals surface area contributed by atoms with Crippen LogP contribution in [0.1, 0.15) is 12.8 Å². The molecule has 2 rings (SSSR count). The first-order chi connectivity index (χ1) is 8.74. The Hall–Kier alpha value is -0.380. The summed E-state index contributed by atoms with van der Waals surface area (Å²) in [6.07, 6.45) is -4.83. The molecule has 1 saturated carbocycles. The summed E-state index contributed by atoms with van der Waals surface area (Å²) in [7, 11) is -3.89. The van der Waals surface area contributed by atoms with E-state index in [-0.39, 0.29) is 25.1 Å². The van der Waals surface area contributed by atoms with Crippen molar-refractivity contribution in [3.05, 3.63) is 0 Å². The topological polar surface area (TPSA) is 61.4 Å². The maximum Gasteiger partial charge on any atom is 0.407 e. The first kappa shape index (κ1) is 15.0. The third-order valence-electron chi connectivity index (χ3n) is 3.53. The van der Waals surface area contributed by atoms with Gasteiger partial charge < -0.3 is 5.32 Å². The average Bonchev–Trinajstić information content (AvgIpc) is 3.08. The van der Waals surface area contributed by atoms with E-state index in [0.29, 0.717) is 0 Å². The highest BCUT2D eigenvalue weighted by molar-refractivity contribution is 7.89. The van der Waals surface area contributed by atoms with E-state index in [1.54, 1.807) is 0 Å². The molecule has 0 spiro atoms. The molecule has 2 fully saturated rings. The van der Waals surface area contributed by atoms with E-state index in [2.05, 4.69) is 5.32 Å². The van der Waals surface area contributed by atoms with Crippen molar-refractivity contribution in [2.75, 3.05) is 38.5 Å². The summed E-state index contributed by atoms with van der Waals surface area (Å²) in [5.74, 6) is -0.287. The second kappa shape index (κ2) is 5.19. The first-order valence-electron chi connectivity index (χ1n) is 6.26. The third kappa shape index (κ3) is 3.80. The van der Waals surface area contributed by atoms with Gasteiger partial charge in [-0.25, -0.2) is 8.42 Å². The van der Waals surface area contributed by atoms with Crippen LogP contribution in [0, 0.1) is 0 Å². The van der Waals surface area contributed by atoms with E-state index in [0.717, 1.165) is 26.2 Å². The SMILES string of the molecule is O=S(=O)(CCN1CCNCC1)NC1(C(F)(F)F)CC1. The van der Waals surface area contributed by atoms with Gasteiger partial charge in [-0.15, -0.1) is 0 Å². The number of hydrogen-bond acceptors (Lipinski definition) is 4. The number of alkyl halides is 3. The molecule has 1 heterocycles. The molecule has 19 heavy (non-hydrogen) atoms. The van der Waals surface area contributed by atoms with Gasteiger partial charge in [0, 0.05) is 32.7 Å². The van der Waals surface area contributed by atoms with Gasteiger partial charge in [0.25, 0.3) is 0 Å². The highest BCUT2D eigenvalue weighted by Crippen LogP contribution is 2.49. The fourth-order valence-corrected chi connectivity index (χ4v) is 3.62. The van der Waals surface area contributed by atoms with Crippen LogP contribution in [0.3, 0.4) is 0 Å². The molecule has 0 aromatic heterocycles. The van der Waals surface area contributed by atoms with Gasteiger partial charge in [-0.05, 0) is 12.8 Å². The molecule has 0 aromatic rings. The lowest BCUT2D eigenvalue weighted by Crippen LogP contribution is -2.50. The smallest absolute Gasteiger partial charge is 0.314 e. The first-order valence-corrected chi connectivity index (χ1v) is 7.91. The lowest BCUT2D eigenvalue weighted by atomic mass is 10.3. The molecule has 1 saturated heterocycles. The summed E-state index contributed by atoms with van der Waals surface area (Å²) >= 11 is 0. The number of halogens is 3. The molecule has 2 aliphatic rings. The monoisotopic (exact) mass is 301 g/mol. The molecule has 0 atom stereocenters. The Balaban J connectivity index is 1.85. The minimum absolute atomic E-state index is 0.163. The van der Waals surface area contributed by atoms with Crippen molar-refractivity contribution in [1.82, 2.24) is 14.9 Å². The lowest BCUT2D eigenvalue weighted by molar-refractivity contribution is -0.160. The largest absolute Gasteiger partial charge is 0.407 e. The van der Waals surface area contributed by atoms with Crippen LogP contribution in [0.5, 0.6) is 0 Å². The number of nitrogens with one attached hydrogen (secondary N) is 2. The van der Waals surface area contributed by atoms with Gasteiger partial charge in [0.2, 0.25) is 10.0 Å². The normalized spacial score (nSPS) is 24.4. The molecule has 9 heteroatoms. The van der Waals surface area contributed by atoms with Gasteiger partial charge in [-0.1, -0.05) is 0 Å². The molecule has 5 nitrogen and oxygen atoms in total. The predicted octanol–water partition coefficient (Wildman–Crippen LogP) is -0.0941. The highest BCUT2D eigenvalue weighted by atomic mass is 32.2.